The van der Waals surface area contributed by atoms with Gasteiger partial charge in [0.2, 0.25) is 0 Å². The Bertz CT molecular complexity index is 204. The molecule has 7 heteroatoms. The molecule has 0 aromatic heterocycles. The lowest BCUT2D eigenvalue weighted by atomic mass is 9.97. The van der Waals surface area contributed by atoms with Gasteiger partial charge in [-0.1, -0.05) is 13.8 Å². The first kappa shape index (κ1) is 19.7. The average molecular weight is 294 g/mol. The Morgan fingerprint density at radius 2 is 1.05 bits per heavy atom. The molecule has 0 bridgehead atoms. The Morgan fingerprint density at radius 1 is 0.750 bits per heavy atom. The zero-order chi connectivity index (χ0) is 15.6. The third-order valence-corrected chi connectivity index (χ3v) is 3.99. The van der Waals surface area contributed by atoms with Crippen LogP contribution in [0.3, 0.4) is 0 Å². The van der Waals surface area contributed by atoms with E-state index >= 15 is 0 Å². The maximum Gasteiger partial charge on any atom is 0.0789 e. The highest BCUT2D eigenvalue weighted by molar-refractivity contribution is 4.89. The lowest BCUT2D eigenvalue weighted by molar-refractivity contribution is 0.0552. The van der Waals surface area contributed by atoms with Gasteiger partial charge in [-0.3, -0.25) is 0 Å². The molecular formula is C13H30N2O5. The third-order valence-electron chi connectivity index (χ3n) is 3.99. The predicted octanol–water partition coefficient (Wildman–Crippen LogP) is -2.21. The Hall–Kier alpha value is -0.280. The van der Waals surface area contributed by atoms with Gasteiger partial charge in [-0.05, 0) is 12.8 Å². The number of aliphatic hydroxyl groups is 5. The van der Waals surface area contributed by atoms with Crippen LogP contribution in [-0.4, -0.2) is 82.2 Å². The maximum absolute atomic E-state index is 9.90. The monoisotopic (exact) mass is 294 g/mol. The van der Waals surface area contributed by atoms with Crippen LogP contribution in [0.15, 0.2) is 0 Å². The number of hydrogen-bond donors (Lipinski definition) is 7. The van der Waals surface area contributed by atoms with Crippen LogP contribution in [0.1, 0.15) is 26.7 Å². The topological polar surface area (TPSA) is 125 Å². The fourth-order valence-corrected chi connectivity index (χ4v) is 1.76. The molecule has 0 saturated heterocycles. The Balaban J connectivity index is 4.26. The third kappa shape index (κ3) is 5.61. The van der Waals surface area contributed by atoms with E-state index < -0.39 is 17.2 Å². The summed E-state index contributed by atoms with van der Waals surface area (Å²) in [5.41, 5.74) is -1.59. The van der Waals surface area contributed by atoms with Gasteiger partial charge < -0.3 is 36.2 Å². The molecule has 0 spiro atoms. The summed E-state index contributed by atoms with van der Waals surface area (Å²) < 4.78 is 0. The highest BCUT2D eigenvalue weighted by Crippen LogP contribution is 2.09. The van der Waals surface area contributed by atoms with Crippen molar-refractivity contribution in [2.75, 3.05) is 39.5 Å². The van der Waals surface area contributed by atoms with Gasteiger partial charge in [-0.25, -0.2) is 0 Å². The van der Waals surface area contributed by atoms with Crippen LogP contribution in [0.2, 0.25) is 0 Å². The molecular weight excluding hydrogens is 264 g/mol. The molecule has 0 fully saturated rings. The summed E-state index contributed by atoms with van der Waals surface area (Å²) in [5, 5.41) is 52.9. The van der Waals surface area contributed by atoms with Crippen LogP contribution < -0.4 is 10.6 Å². The van der Waals surface area contributed by atoms with Crippen molar-refractivity contribution in [1.82, 2.24) is 10.6 Å². The Kier molecular flexibility index (Phi) is 9.48. The van der Waals surface area contributed by atoms with Gasteiger partial charge >= 0.3 is 0 Å². The molecule has 0 aliphatic rings. The van der Waals surface area contributed by atoms with Crippen LogP contribution in [-0.2, 0) is 0 Å². The van der Waals surface area contributed by atoms with Crippen LogP contribution in [0.5, 0.6) is 0 Å². The van der Waals surface area contributed by atoms with Crippen molar-refractivity contribution in [2.24, 2.45) is 0 Å². The zero-order valence-corrected chi connectivity index (χ0v) is 12.5. The molecule has 0 saturated carbocycles. The van der Waals surface area contributed by atoms with E-state index in [1.54, 1.807) is 0 Å². The van der Waals surface area contributed by atoms with E-state index in [9.17, 15) is 25.5 Å². The quantitative estimate of drug-likeness (QED) is 0.218. The van der Waals surface area contributed by atoms with Gasteiger partial charge in [0.1, 0.15) is 0 Å². The lowest BCUT2D eigenvalue weighted by Crippen LogP contribution is -2.57. The molecule has 20 heavy (non-hydrogen) atoms. The van der Waals surface area contributed by atoms with Gasteiger partial charge in [0.25, 0.3) is 0 Å². The summed E-state index contributed by atoms with van der Waals surface area (Å²) >= 11 is 0. The minimum absolute atomic E-state index is 0.193. The van der Waals surface area contributed by atoms with E-state index in [-0.39, 0.29) is 39.5 Å². The van der Waals surface area contributed by atoms with Crippen LogP contribution >= 0.6 is 0 Å². The molecule has 0 radical (unpaired) electrons. The van der Waals surface area contributed by atoms with Crippen molar-refractivity contribution >= 4 is 0 Å². The molecule has 0 aromatic rings. The van der Waals surface area contributed by atoms with E-state index in [1.807, 2.05) is 13.8 Å². The standard InChI is InChI=1S/C13H30N2O5/c1-3-12(7-16,8-17)14-5-11(20)6-15-13(4-2,9-18)10-19/h11,14-20H,3-10H2,1-2H3. The first-order valence-corrected chi connectivity index (χ1v) is 7.08. The fraction of sp³-hybridized carbons (Fsp3) is 1.00. The molecule has 0 atom stereocenters. The normalized spacial score (nSPS) is 13.2. The van der Waals surface area contributed by atoms with E-state index in [1.165, 1.54) is 0 Å². The second-order valence-corrected chi connectivity index (χ2v) is 5.32. The predicted molar refractivity (Wildman–Crippen MR) is 76.4 cm³/mol. The smallest absolute Gasteiger partial charge is 0.0789 e. The highest BCUT2D eigenvalue weighted by Gasteiger charge is 2.29. The van der Waals surface area contributed by atoms with Crippen molar-refractivity contribution in [3.8, 4) is 0 Å². The SMILES string of the molecule is CCC(CO)(CO)NCC(O)CNC(CC)(CO)CO. The van der Waals surface area contributed by atoms with E-state index in [2.05, 4.69) is 10.6 Å². The molecule has 122 valence electrons. The molecule has 0 aromatic carbocycles. The summed E-state index contributed by atoms with van der Waals surface area (Å²) in [6.07, 6.45) is 0.307. The fourth-order valence-electron chi connectivity index (χ4n) is 1.76. The Morgan fingerprint density at radius 3 is 1.25 bits per heavy atom. The minimum Gasteiger partial charge on any atom is -0.394 e. The van der Waals surface area contributed by atoms with Gasteiger partial charge in [-0.15, -0.1) is 0 Å². The highest BCUT2D eigenvalue weighted by atomic mass is 16.3. The number of nitrogens with one attached hydrogen (secondary N) is 2. The minimum atomic E-state index is -0.795. The summed E-state index contributed by atoms with van der Waals surface area (Å²) in [6.45, 7) is 3.20. The first-order valence-electron chi connectivity index (χ1n) is 7.08. The van der Waals surface area contributed by atoms with E-state index in [0.717, 1.165) is 0 Å². The second-order valence-electron chi connectivity index (χ2n) is 5.32. The molecule has 0 unspecified atom stereocenters. The number of aliphatic hydroxyl groups excluding tert-OH is 5. The van der Waals surface area contributed by atoms with Crippen LogP contribution in [0.25, 0.3) is 0 Å². The summed E-state index contributed by atoms with van der Waals surface area (Å²) in [7, 11) is 0. The maximum atomic E-state index is 9.90. The van der Waals surface area contributed by atoms with Gasteiger partial charge in [0, 0.05) is 13.1 Å². The number of β-amino-alcohol motifs (C(OH)–C–C–N with tert-alkyl or cyclic N) is 1. The molecule has 0 aliphatic heterocycles. The van der Waals surface area contributed by atoms with Gasteiger partial charge in [0.15, 0.2) is 0 Å². The molecule has 0 aliphatic carbocycles. The Labute approximate surface area is 120 Å². The largest absolute Gasteiger partial charge is 0.394 e. The lowest BCUT2D eigenvalue weighted by Gasteiger charge is -2.33. The molecule has 0 rings (SSSR count). The van der Waals surface area contributed by atoms with Gasteiger partial charge in [0.05, 0.1) is 43.6 Å². The molecule has 7 N–H and O–H groups in total. The summed E-state index contributed by atoms with van der Waals surface area (Å²) in [4.78, 5) is 0. The first-order chi connectivity index (χ1) is 9.46. The van der Waals surface area contributed by atoms with Crippen LogP contribution in [0, 0.1) is 0 Å². The van der Waals surface area contributed by atoms with E-state index in [4.69, 9.17) is 0 Å². The van der Waals surface area contributed by atoms with Crippen molar-refractivity contribution in [2.45, 2.75) is 43.9 Å². The summed E-state index contributed by atoms with van der Waals surface area (Å²) in [6, 6.07) is 0. The van der Waals surface area contributed by atoms with Crippen molar-refractivity contribution < 1.29 is 25.5 Å². The second kappa shape index (κ2) is 9.62. The molecule has 7 nitrogen and oxygen atoms in total. The molecule has 0 amide bonds. The molecule has 0 heterocycles. The average Bonchev–Trinajstić information content (AvgIpc) is 2.51. The van der Waals surface area contributed by atoms with Crippen molar-refractivity contribution in [3.05, 3.63) is 0 Å². The van der Waals surface area contributed by atoms with Crippen molar-refractivity contribution in [1.29, 1.82) is 0 Å². The number of rotatable bonds is 12. The number of hydrogen-bond acceptors (Lipinski definition) is 7. The van der Waals surface area contributed by atoms with E-state index in [0.29, 0.717) is 12.8 Å². The van der Waals surface area contributed by atoms with Crippen LogP contribution in [0.4, 0.5) is 0 Å². The van der Waals surface area contributed by atoms with Crippen molar-refractivity contribution in [3.63, 3.8) is 0 Å². The zero-order valence-electron chi connectivity index (χ0n) is 12.5. The van der Waals surface area contributed by atoms with Gasteiger partial charge in [-0.2, -0.15) is 0 Å². The summed E-state index contributed by atoms with van der Waals surface area (Å²) in [5.74, 6) is 0.